The smallest absolute Gasteiger partial charge is 0.410 e. The first-order valence-electron chi connectivity index (χ1n) is 8.38. The van der Waals surface area contributed by atoms with Crippen molar-refractivity contribution in [2.24, 2.45) is 0 Å². The summed E-state index contributed by atoms with van der Waals surface area (Å²) in [6.07, 6.45) is 11.3. The van der Waals surface area contributed by atoms with Crippen LogP contribution in [0.25, 0.3) is 0 Å². The number of amides is 1. The highest BCUT2D eigenvalue weighted by Gasteiger charge is 2.29. The van der Waals surface area contributed by atoms with E-state index in [0.29, 0.717) is 19.6 Å². The highest BCUT2D eigenvalue weighted by molar-refractivity contribution is 8.02. The number of nitrogens with zero attached hydrogens (tertiary/aromatic N) is 1. The van der Waals surface area contributed by atoms with E-state index in [2.05, 4.69) is 13.2 Å². The van der Waals surface area contributed by atoms with Gasteiger partial charge in [-0.1, -0.05) is 37.0 Å². The van der Waals surface area contributed by atoms with Gasteiger partial charge in [-0.05, 0) is 24.0 Å². The third kappa shape index (κ3) is 7.90. The van der Waals surface area contributed by atoms with Crippen LogP contribution >= 0.6 is 11.8 Å². The Labute approximate surface area is 153 Å². The van der Waals surface area contributed by atoms with Gasteiger partial charge in [-0.2, -0.15) is 0 Å². The second-order valence-corrected chi connectivity index (χ2v) is 6.75. The first-order valence-corrected chi connectivity index (χ1v) is 9.60. The summed E-state index contributed by atoms with van der Waals surface area (Å²) in [6, 6.07) is -0.193. The molecule has 0 saturated carbocycles. The van der Waals surface area contributed by atoms with Crippen LogP contribution in [0.3, 0.4) is 0 Å². The van der Waals surface area contributed by atoms with Gasteiger partial charge >= 0.3 is 6.09 Å². The second kappa shape index (κ2) is 11.1. The fourth-order valence-corrected chi connectivity index (χ4v) is 3.18. The molecule has 0 spiro atoms. The van der Waals surface area contributed by atoms with Crippen LogP contribution in [0.15, 0.2) is 48.4 Å². The zero-order chi connectivity index (χ0) is 18.7. The number of thioether (sulfide) groups is 1. The molecule has 1 amide bonds. The molecule has 0 aromatic rings. The van der Waals surface area contributed by atoms with Crippen molar-refractivity contribution >= 4 is 17.9 Å². The highest BCUT2D eigenvalue weighted by atomic mass is 32.2. The molecule has 1 saturated heterocycles. The standard InChI is InChI=1S/C19H27F2NO2S/c1-4-8-17(25-3)10-7-14-22-16(11-15-24-18(22)23)9-6-13-19(20,21)12-5-2/h4-6,8-9,16H,1-2,7,10-15H2,3H3/b9-6+,17-8-. The van der Waals surface area contributed by atoms with Crippen molar-refractivity contribution in [3.63, 3.8) is 0 Å². The maximum absolute atomic E-state index is 13.5. The van der Waals surface area contributed by atoms with Crippen LogP contribution in [-0.2, 0) is 4.74 Å². The van der Waals surface area contributed by atoms with Gasteiger partial charge in [0.15, 0.2) is 0 Å². The normalized spacial score (nSPS) is 19.2. The average molecular weight is 371 g/mol. The minimum absolute atomic E-state index is 0.193. The molecular formula is C19H27F2NO2S. The molecule has 1 rings (SSSR count). The Morgan fingerprint density at radius 2 is 2.20 bits per heavy atom. The molecular weight excluding hydrogens is 344 g/mol. The molecule has 0 N–H and O–H groups in total. The molecule has 0 bridgehead atoms. The first kappa shape index (κ1) is 21.5. The van der Waals surface area contributed by atoms with Gasteiger partial charge in [0.05, 0.1) is 12.6 Å². The lowest BCUT2D eigenvalue weighted by atomic mass is 10.1. The average Bonchev–Trinajstić information content (AvgIpc) is 2.56. The number of allylic oxidation sites excluding steroid dienone is 5. The molecule has 6 heteroatoms. The summed E-state index contributed by atoms with van der Waals surface area (Å²) in [4.78, 5) is 14.8. The van der Waals surface area contributed by atoms with Crippen LogP contribution in [0.2, 0.25) is 0 Å². The van der Waals surface area contributed by atoms with E-state index in [4.69, 9.17) is 4.74 Å². The van der Waals surface area contributed by atoms with E-state index in [9.17, 15) is 13.6 Å². The number of hydrogen-bond donors (Lipinski definition) is 0. The summed E-state index contributed by atoms with van der Waals surface area (Å²) >= 11 is 1.65. The summed E-state index contributed by atoms with van der Waals surface area (Å²) in [5, 5.41) is 0. The van der Waals surface area contributed by atoms with Gasteiger partial charge < -0.3 is 9.64 Å². The summed E-state index contributed by atoms with van der Waals surface area (Å²) in [5.74, 6) is -2.79. The van der Waals surface area contributed by atoms with Crippen molar-refractivity contribution in [1.29, 1.82) is 0 Å². The molecule has 1 aliphatic heterocycles. The van der Waals surface area contributed by atoms with Gasteiger partial charge in [-0.15, -0.1) is 18.3 Å². The lowest BCUT2D eigenvalue weighted by Crippen LogP contribution is -2.45. The van der Waals surface area contributed by atoms with E-state index >= 15 is 0 Å². The predicted molar refractivity (Wildman–Crippen MR) is 101 cm³/mol. The molecule has 0 radical (unpaired) electrons. The van der Waals surface area contributed by atoms with E-state index in [1.54, 1.807) is 28.8 Å². The van der Waals surface area contributed by atoms with Crippen LogP contribution in [0, 0.1) is 0 Å². The van der Waals surface area contributed by atoms with E-state index < -0.39 is 5.92 Å². The van der Waals surface area contributed by atoms with Crippen LogP contribution in [0.4, 0.5) is 13.6 Å². The molecule has 1 atom stereocenters. The van der Waals surface area contributed by atoms with Crippen molar-refractivity contribution in [1.82, 2.24) is 4.90 Å². The van der Waals surface area contributed by atoms with E-state index in [-0.39, 0.29) is 25.0 Å². The number of rotatable bonds is 11. The maximum atomic E-state index is 13.5. The Morgan fingerprint density at radius 1 is 1.44 bits per heavy atom. The Morgan fingerprint density at radius 3 is 2.84 bits per heavy atom. The van der Waals surface area contributed by atoms with Crippen molar-refractivity contribution in [3.05, 3.63) is 48.4 Å². The number of alkyl halides is 2. The molecule has 0 aromatic heterocycles. The number of hydrogen-bond acceptors (Lipinski definition) is 3. The van der Waals surface area contributed by atoms with Gasteiger partial charge in [0.2, 0.25) is 0 Å². The Balaban J connectivity index is 2.61. The number of halogens is 2. The van der Waals surface area contributed by atoms with Crippen molar-refractivity contribution in [3.8, 4) is 0 Å². The summed E-state index contributed by atoms with van der Waals surface area (Å²) < 4.78 is 32.1. The van der Waals surface area contributed by atoms with Gasteiger partial charge in [-0.3, -0.25) is 0 Å². The molecule has 1 aliphatic rings. The van der Waals surface area contributed by atoms with Crippen molar-refractivity contribution in [2.75, 3.05) is 19.4 Å². The fraction of sp³-hybridized carbons (Fsp3) is 0.526. The zero-order valence-corrected chi connectivity index (χ0v) is 15.6. The molecule has 1 unspecified atom stereocenters. The monoisotopic (exact) mass is 371 g/mol. The van der Waals surface area contributed by atoms with E-state index in [1.807, 2.05) is 12.3 Å². The molecule has 0 aromatic carbocycles. The predicted octanol–water partition coefficient (Wildman–Crippen LogP) is 5.57. The summed E-state index contributed by atoms with van der Waals surface area (Å²) in [6.45, 7) is 7.89. The maximum Gasteiger partial charge on any atom is 0.410 e. The van der Waals surface area contributed by atoms with Crippen LogP contribution in [-0.4, -0.2) is 42.4 Å². The quantitative estimate of drug-likeness (QED) is 0.351. The largest absolute Gasteiger partial charge is 0.449 e. The molecule has 1 heterocycles. The zero-order valence-electron chi connectivity index (χ0n) is 14.8. The molecule has 1 fully saturated rings. The number of carbonyl (C=O) groups is 1. The van der Waals surface area contributed by atoms with Crippen LogP contribution < -0.4 is 0 Å². The minimum atomic E-state index is -2.79. The van der Waals surface area contributed by atoms with Crippen LogP contribution in [0.5, 0.6) is 0 Å². The Bertz CT molecular complexity index is 518. The minimum Gasteiger partial charge on any atom is -0.449 e. The van der Waals surface area contributed by atoms with Gasteiger partial charge in [0.1, 0.15) is 0 Å². The molecule has 25 heavy (non-hydrogen) atoms. The molecule has 140 valence electrons. The Hall–Kier alpha value is -1.56. The number of carbonyl (C=O) groups excluding carboxylic acids is 1. The van der Waals surface area contributed by atoms with Gasteiger partial charge in [-0.25, -0.2) is 13.6 Å². The van der Waals surface area contributed by atoms with E-state index in [0.717, 1.165) is 12.8 Å². The van der Waals surface area contributed by atoms with Gasteiger partial charge in [0.25, 0.3) is 5.92 Å². The SMILES string of the molecule is C=C/C=C(/CCCN1C(=O)OCCC1/C=C/CC(F)(F)CC=C)SC. The fourth-order valence-electron chi connectivity index (χ4n) is 2.60. The van der Waals surface area contributed by atoms with Crippen molar-refractivity contribution < 1.29 is 18.3 Å². The first-order chi connectivity index (χ1) is 11.9. The summed E-state index contributed by atoms with van der Waals surface area (Å²) in [7, 11) is 0. The highest BCUT2D eigenvalue weighted by Crippen LogP contribution is 2.25. The van der Waals surface area contributed by atoms with Gasteiger partial charge in [0, 0.05) is 25.8 Å². The number of cyclic esters (lactones) is 1. The third-order valence-corrected chi connectivity index (χ3v) is 4.74. The Kier molecular flexibility index (Phi) is 9.57. The molecule has 0 aliphatic carbocycles. The molecule has 3 nitrogen and oxygen atoms in total. The summed E-state index contributed by atoms with van der Waals surface area (Å²) in [5.41, 5.74) is 0. The topological polar surface area (TPSA) is 29.5 Å². The second-order valence-electron chi connectivity index (χ2n) is 5.82. The van der Waals surface area contributed by atoms with Crippen LogP contribution in [0.1, 0.15) is 32.1 Å². The number of ether oxygens (including phenoxy) is 1. The van der Waals surface area contributed by atoms with Crippen molar-refractivity contribution in [2.45, 2.75) is 44.1 Å². The van der Waals surface area contributed by atoms with E-state index in [1.165, 1.54) is 17.1 Å². The third-order valence-electron chi connectivity index (χ3n) is 3.88. The lowest BCUT2D eigenvalue weighted by molar-refractivity contribution is 0.00751. The lowest BCUT2D eigenvalue weighted by Gasteiger charge is -2.33.